The van der Waals surface area contributed by atoms with Gasteiger partial charge in [0.15, 0.2) is 5.82 Å². The summed E-state index contributed by atoms with van der Waals surface area (Å²) in [6.07, 6.45) is 4.97. The summed E-state index contributed by atoms with van der Waals surface area (Å²) in [6, 6.07) is 7.17. The number of hydrogen-bond acceptors (Lipinski definition) is 5. The number of carbonyl (C=O) groups excluding carboxylic acids is 1. The van der Waals surface area contributed by atoms with Crippen LogP contribution in [0.2, 0.25) is 0 Å². The van der Waals surface area contributed by atoms with Gasteiger partial charge in [-0.2, -0.15) is 5.10 Å². The number of aromatic nitrogens is 6. The average molecular weight is 327 g/mol. The fourth-order valence-electron chi connectivity index (χ4n) is 2.25. The average Bonchev–Trinajstić information content (AvgIpc) is 3.19. The number of carbonyl (C=O) groups is 1. The van der Waals surface area contributed by atoms with Gasteiger partial charge < -0.3 is 5.32 Å². The second kappa shape index (κ2) is 6.90. The summed E-state index contributed by atoms with van der Waals surface area (Å²) in [4.78, 5) is 28.2. The summed E-state index contributed by atoms with van der Waals surface area (Å²) in [6.45, 7) is 0.729. The van der Waals surface area contributed by atoms with Gasteiger partial charge in [-0.05, 0) is 18.2 Å². The lowest BCUT2D eigenvalue weighted by Gasteiger charge is -2.04. The van der Waals surface area contributed by atoms with Gasteiger partial charge >= 0.3 is 5.69 Å². The first kappa shape index (κ1) is 15.7. The maximum Gasteiger partial charge on any atom is 0.346 e. The Morgan fingerprint density at radius 3 is 2.83 bits per heavy atom. The Morgan fingerprint density at radius 1 is 1.25 bits per heavy atom. The molecule has 0 aliphatic rings. The monoisotopic (exact) mass is 327 g/mol. The van der Waals surface area contributed by atoms with E-state index in [2.05, 4.69) is 20.5 Å². The maximum absolute atomic E-state index is 12.2. The second-order valence-electron chi connectivity index (χ2n) is 5.16. The van der Waals surface area contributed by atoms with Crippen molar-refractivity contribution >= 4 is 5.91 Å². The zero-order valence-electron chi connectivity index (χ0n) is 13.2. The van der Waals surface area contributed by atoms with Crippen molar-refractivity contribution in [1.82, 2.24) is 34.4 Å². The van der Waals surface area contributed by atoms with Crippen molar-refractivity contribution in [3.63, 3.8) is 0 Å². The molecule has 1 N–H and O–H groups in total. The Kier molecular flexibility index (Phi) is 4.50. The van der Waals surface area contributed by atoms with Crippen LogP contribution in [0.3, 0.4) is 0 Å². The van der Waals surface area contributed by atoms with Gasteiger partial charge in [0.25, 0.3) is 0 Å². The lowest BCUT2D eigenvalue weighted by molar-refractivity contribution is -0.121. The van der Waals surface area contributed by atoms with E-state index in [1.807, 2.05) is 6.07 Å². The molecule has 0 saturated carbocycles. The lowest BCUT2D eigenvalue weighted by atomic mass is 10.3. The molecule has 124 valence electrons. The molecule has 3 rings (SSSR count). The number of amides is 1. The first-order valence-electron chi connectivity index (χ1n) is 7.44. The molecule has 0 aliphatic heterocycles. The topological polar surface area (TPSA) is 99.6 Å². The fourth-order valence-corrected chi connectivity index (χ4v) is 2.25. The van der Waals surface area contributed by atoms with Gasteiger partial charge in [-0.15, -0.1) is 5.10 Å². The molecule has 3 aromatic rings. The lowest BCUT2D eigenvalue weighted by Crippen LogP contribution is -2.33. The zero-order valence-corrected chi connectivity index (χ0v) is 13.2. The van der Waals surface area contributed by atoms with E-state index in [0.29, 0.717) is 18.1 Å². The predicted octanol–water partition coefficient (Wildman–Crippen LogP) is -0.343. The molecule has 9 nitrogen and oxygen atoms in total. The van der Waals surface area contributed by atoms with Crippen LogP contribution in [-0.4, -0.2) is 41.6 Å². The third kappa shape index (κ3) is 3.40. The number of rotatable bonds is 6. The van der Waals surface area contributed by atoms with Crippen molar-refractivity contribution in [1.29, 1.82) is 0 Å². The van der Waals surface area contributed by atoms with Crippen LogP contribution in [0.25, 0.3) is 11.5 Å². The van der Waals surface area contributed by atoms with Crippen molar-refractivity contribution in [2.75, 3.05) is 6.54 Å². The number of hydrogen-bond donors (Lipinski definition) is 1. The third-order valence-electron chi connectivity index (χ3n) is 3.45. The normalized spacial score (nSPS) is 10.7. The van der Waals surface area contributed by atoms with Crippen molar-refractivity contribution in [3.8, 4) is 11.5 Å². The molecular weight excluding hydrogens is 310 g/mol. The molecule has 0 spiro atoms. The Hall–Kier alpha value is -3.23. The molecule has 3 aromatic heterocycles. The van der Waals surface area contributed by atoms with Gasteiger partial charge in [-0.25, -0.2) is 9.48 Å². The van der Waals surface area contributed by atoms with Crippen molar-refractivity contribution in [3.05, 3.63) is 53.3 Å². The van der Waals surface area contributed by atoms with Gasteiger partial charge in [-0.1, -0.05) is 6.07 Å². The highest BCUT2D eigenvalue weighted by Crippen LogP contribution is 2.09. The SMILES string of the molecule is Cn1c(-c2ccccn2)nn(CCNC(=O)Cn2cccn2)c1=O. The van der Waals surface area contributed by atoms with Crippen LogP contribution in [0.4, 0.5) is 0 Å². The molecule has 9 heteroatoms. The van der Waals surface area contributed by atoms with E-state index in [0.717, 1.165) is 0 Å². The highest BCUT2D eigenvalue weighted by molar-refractivity contribution is 5.75. The highest BCUT2D eigenvalue weighted by atomic mass is 16.2. The molecule has 3 heterocycles. The zero-order chi connectivity index (χ0) is 16.9. The quantitative estimate of drug-likeness (QED) is 0.667. The van der Waals surface area contributed by atoms with E-state index >= 15 is 0 Å². The van der Waals surface area contributed by atoms with Crippen LogP contribution in [0, 0.1) is 0 Å². The van der Waals surface area contributed by atoms with E-state index in [1.54, 1.807) is 43.8 Å². The summed E-state index contributed by atoms with van der Waals surface area (Å²) >= 11 is 0. The minimum absolute atomic E-state index is 0.142. The summed E-state index contributed by atoms with van der Waals surface area (Å²) in [5, 5.41) is 11.0. The molecule has 0 unspecified atom stereocenters. The van der Waals surface area contributed by atoms with Crippen LogP contribution in [0.5, 0.6) is 0 Å². The van der Waals surface area contributed by atoms with E-state index in [-0.39, 0.29) is 24.7 Å². The Labute approximate surface area is 137 Å². The smallest absolute Gasteiger partial charge is 0.346 e. The van der Waals surface area contributed by atoms with Gasteiger partial charge in [0.1, 0.15) is 12.2 Å². The van der Waals surface area contributed by atoms with Crippen molar-refractivity contribution in [2.24, 2.45) is 7.05 Å². The molecule has 1 amide bonds. The van der Waals surface area contributed by atoms with Crippen molar-refractivity contribution in [2.45, 2.75) is 13.1 Å². The van der Waals surface area contributed by atoms with Gasteiger partial charge in [-0.3, -0.25) is 19.0 Å². The van der Waals surface area contributed by atoms with E-state index in [4.69, 9.17) is 0 Å². The first-order valence-corrected chi connectivity index (χ1v) is 7.44. The maximum atomic E-state index is 12.2. The summed E-state index contributed by atoms with van der Waals surface area (Å²) in [5.74, 6) is 0.316. The molecule has 0 fully saturated rings. The van der Waals surface area contributed by atoms with E-state index in [9.17, 15) is 9.59 Å². The highest BCUT2D eigenvalue weighted by Gasteiger charge is 2.12. The van der Waals surface area contributed by atoms with E-state index in [1.165, 1.54) is 13.9 Å². The van der Waals surface area contributed by atoms with Gasteiger partial charge in [0.05, 0.1) is 6.54 Å². The summed E-state index contributed by atoms with van der Waals surface area (Å²) in [5.41, 5.74) is 0.371. The van der Waals surface area contributed by atoms with Gasteiger partial charge in [0, 0.05) is 32.2 Å². The molecule has 0 bridgehead atoms. The Morgan fingerprint density at radius 2 is 2.12 bits per heavy atom. The third-order valence-corrected chi connectivity index (χ3v) is 3.45. The Bertz CT molecular complexity index is 865. The molecule has 0 aromatic carbocycles. The first-order chi connectivity index (χ1) is 11.6. The van der Waals surface area contributed by atoms with Gasteiger partial charge in [0.2, 0.25) is 5.91 Å². The number of pyridine rings is 1. The van der Waals surface area contributed by atoms with Crippen LogP contribution in [0.15, 0.2) is 47.7 Å². The van der Waals surface area contributed by atoms with E-state index < -0.39 is 0 Å². The minimum Gasteiger partial charge on any atom is -0.353 e. The van der Waals surface area contributed by atoms with Crippen LogP contribution >= 0.6 is 0 Å². The number of nitrogens with zero attached hydrogens (tertiary/aromatic N) is 6. The van der Waals surface area contributed by atoms with Crippen LogP contribution in [0.1, 0.15) is 0 Å². The minimum atomic E-state index is -0.253. The second-order valence-corrected chi connectivity index (χ2v) is 5.16. The number of nitrogens with one attached hydrogen (secondary N) is 1. The molecule has 24 heavy (non-hydrogen) atoms. The molecule has 0 atom stereocenters. The molecule has 0 radical (unpaired) electrons. The largest absolute Gasteiger partial charge is 0.353 e. The standard InChI is InChI=1S/C15H17N7O2/c1-20-14(12-5-2-3-6-16-12)19-22(15(20)24)10-8-17-13(23)11-21-9-4-7-18-21/h2-7,9H,8,10-11H2,1H3,(H,17,23). The Balaban J connectivity index is 1.62. The van der Waals surface area contributed by atoms with Crippen LogP contribution < -0.4 is 11.0 Å². The molecule has 0 saturated heterocycles. The van der Waals surface area contributed by atoms with Crippen molar-refractivity contribution < 1.29 is 4.79 Å². The molecule has 0 aliphatic carbocycles. The molecular formula is C15H17N7O2. The predicted molar refractivity (Wildman–Crippen MR) is 85.9 cm³/mol. The fraction of sp³-hybridized carbons (Fsp3) is 0.267. The van der Waals surface area contributed by atoms with Crippen LogP contribution in [-0.2, 0) is 24.9 Å². The summed E-state index contributed by atoms with van der Waals surface area (Å²) < 4.78 is 4.29. The summed E-state index contributed by atoms with van der Waals surface area (Å²) in [7, 11) is 1.64.